The Morgan fingerprint density at radius 2 is 2.00 bits per heavy atom. The summed E-state index contributed by atoms with van der Waals surface area (Å²) in [6.07, 6.45) is -2.48. The van der Waals surface area contributed by atoms with Crippen molar-refractivity contribution in [2.75, 3.05) is 10.8 Å². The molecule has 12 heteroatoms. The molecule has 180 valence electrons. The maximum Gasteiger partial charge on any atom is 0.416 e. The Morgan fingerprint density at radius 1 is 1.24 bits per heavy atom. The van der Waals surface area contributed by atoms with Crippen molar-refractivity contribution in [3.8, 4) is 17.1 Å². The Hall–Kier alpha value is -3.54. The highest BCUT2D eigenvalue weighted by Crippen LogP contribution is 2.41. The molecule has 1 N–H and O–H groups in total. The van der Waals surface area contributed by atoms with Crippen molar-refractivity contribution >= 4 is 21.7 Å². The van der Waals surface area contributed by atoms with Gasteiger partial charge in [0.15, 0.2) is 0 Å². The zero-order chi connectivity index (χ0) is 24.7. The van der Waals surface area contributed by atoms with Crippen molar-refractivity contribution in [2.45, 2.75) is 30.0 Å². The molecule has 1 atom stereocenters. The van der Waals surface area contributed by atoms with Crippen molar-refractivity contribution in [1.29, 1.82) is 0 Å². The van der Waals surface area contributed by atoms with Gasteiger partial charge in [0, 0.05) is 31.4 Å². The van der Waals surface area contributed by atoms with Crippen molar-refractivity contribution in [3.63, 3.8) is 0 Å². The van der Waals surface area contributed by atoms with Gasteiger partial charge in [0.05, 0.1) is 22.7 Å². The molecule has 0 spiro atoms. The lowest BCUT2D eigenvalue weighted by Crippen LogP contribution is -2.43. The fourth-order valence-electron chi connectivity index (χ4n) is 3.72. The van der Waals surface area contributed by atoms with E-state index in [1.54, 1.807) is 36.1 Å². The number of anilines is 1. The second-order valence-corrected chi connectivity index (χ2v) is 9.64. The number of aromatic nitrogens is 2. The van der Waals surface area contributed by atoms with E-state index in [1.165, 1.54) is 6.07 Å². The number of carboxylic acid groups (broad SMARTS) is 1. The van der Waals surface area contributed by atoms with Gasteiger partial charge >= 0.3 is 12.1 Å². The minimum atomic E-state index is -4.72. The minimum Gasteiger partial charge on any atom is -0.486 e. The Balaban J connectivity index is 1.81. The monoisotopic (exact) mass is 495 g/mol. The first kappa shape index (κ1) is 23.6. The molecule has 8 nitrogen and oxygen atoms in total. The average Bonchev–Trinajstić information content (AvgIpc) is 3.22. The van der Waals surface area contributed by atoms with Gasteiger partial charge in [0.25, 0.3) is 10.0 Å². The number of hydrogen-bond donors (Lipinski definition) is 1. The van der Waals surface area contributed by atoms with Crippen LogP contribution in [0.25, 0.3) is 11.4 Å². The molecule has 34 heavy (non-hydrogen) atoms. The third-order valence-corrected chi connectivity index (χ3v) is 7.18. The molecule has 0 amide bonds. The summed E-state index contributed by atoms with van der Waals surface area (Å²) in [7, 11) is -2.69. The molecule has 0 aliphatic carbocycles. The van der Waals surface area contributed by atoms with E-state index in [2.05, 4.69) is 4.98 Å². The largest absolute Gasteiger partial charge is 0.486 e. The van der Waals surface area contributed by atoms with Crippen LogP contribution in [0.3, 0.4) is 0 Å². The SMILES string of the molecule is Cn1ccnc1-c1ccc2c(c1)N(S(=O)(=O)c1cccc(C(F)(F)F)c1)C[C@H](CCC(=O)O)O2. The van der Waals surface area contributed by atoms with E-state index in [-0.39, 0.29) is 30.8 Å². The lowest BCUT2D eigenvalue weighted by atomic mass is 10.1. The predicted molar refractivity (Wildman–Crippen MR) is 116 cm³/mol. The first-order valence-corrected chi connectivity index (χ1v) is 11.6. The second kappa shape index (κ2) is 8.67. The quantitative estimate of drug-likeness (QED) is 0.556. The molecule has 0 unspecified atom stereocenters. The van der Waals surface area contributed by atoms with Crippen LogP contribution in [0.1, 0.15) is 18.4 Å². The molecular formula is C22H20F3N3O5S. The summed E-state index contributed by atoms with van der Waals surface area (Å²) < 4.78 is 75.3. The van der Waals surface area contributed by atoms with Gasteiger partial charge in [-0.25, -0.2) is 13.4 Å². The van der Waals surface area contributed by atoms with Crippen LogP contribution < -0.4 is 9.04 Å². The summed E-state index contributed by atoms with van der Waals surface area (Å²) in [5.41, 5.74) is -0.390. The van der Waals surface area contributed by atoms with Crippen molar-refractivity contribution in [1.82, 2.24) is 9.55 Å². The molecule has 0 saturated heterocycles. The molecular weight excluding hydrogens is 475 g/mol. The fourth-order valence-corrected chi connectivity index (χ4v) is 5.26. The number of imidazole rings is 1. The number of nitrogens with zero attached hydrogens (tertiary/aromatic N) is 3. The molecule has 1 aliphatic rings. The molecule has 0 fully saturated rings. The number of benzene rings is 2. The molecule has 2 heterocycles. The summed E-state index contributed by atoms with van der Waals surface area (Å²) in [6.45, 7) is -0.261. The number of halogens is 3. The Labute approximate surface area is 193 Å². The van der Waals surface area contributed by atoms with Gasteiger partial charge in [0.1, 0.15) is 17.7 Å². The van der Waals surface area contributed by atoms with Gasteiger partial charge in [-0.2, -0.15) is 13.2 Å². The van der Waals surface area contributed by atoms with E-state index in [9.17, 15) is 26.4 Å². The number of fused-ring (bicyclic) bond motifs is 1. The smallest absolute Gasteiger partial charge is 0.416 e. The van der Waals surface area contributed by atoms with Gasteiger partial charge in [0.2, 0.25) is 0 Å². The van der Waals surface area contributed by atoms with Gasteiger partial charge < -0.3 is 14.4 Å². The summed E-state index contributed by atoms with van der Waals surface area (Å²) in [6, 6.07) is 8.26. The van der Waals surface area contributed by atoms with E-state index in [1.807, 2.05) is 0 Å². The van der Waals surface area contributed by atoms with E-state index in [0.717, 1.165) is 22.5 Å². The molecule has 0 radical (unpaired) electrons. The van der Waals surface area contributed by atoms with E-state index >= 15 is 0 Å². The van der Waals surface area contributed by atoms with Crippen LogP contribution in [0.15, 0.2) is 59.8 Å². The van der Waals surface area contributed by atoms with Crippen LogP contribution in [-0.2, 0) is 28.0 Å². The second-order valence-electron chi connectivity index (χ2n) is 7.78. The van der Waals surface area contributed by atoms with Gasteiger partial charge in [-0.15, -0.1) is 0 Å². The number of hydrogen-bond acceptors (Lipinski definition) is 5. The molecule has 1 aliphatic heterocycles. The zero-order valence-electron chi connectivity index (χ0n) is 17.9. The predicted octanol–water partition coefficient (Wildman–Crippen LogP) is 3.93. The number of ether oxygens (including phenoxy) is 1. The van der Waals surface area contributed by atoms with Crippen LogP contribution in [0, 0.1) is 0 Å². The summed E-state index contributed by atoms with van der Waals surface area (Å²) in [5.74, 6) is -0.353. The highest BCUT2D eigenvalue weighted by Gasteiger charge is 2.37. The van der Waals surface area contributed by atoms with Crippen LogP contribution in [0.4, 0.5) is 18.9 Å². The number of rotatable bonds is 6. The molecule has 0 saturated carbocycles. The van der Waals surface area contributed by atoms with E-state index in [0.29, 0.717) is 17.5 Å². The molecule has 3 aromatic rings. The number of sulfonamides is 1. The van der Waals surface area contributed by atoms with E-state index in [4.69, 9.17) is 9.84 Å². The molecule has 0 bridgehead atoms. The lowest BCUT2D eigenvalue weighted by Gasteiger charge is -2.35. The third kappa shape index (κ3) is 4.58. The number of carbonyl (C=O) groups is 1. The lowest BCUT2D eigenvalue weighted by molar-refractivity contribution is -0.138. The van der Waals surface area contributed by atoms with Crippen LogP contribution in [0.2, 0.25) is 0 Å². The molecule has 1 aromatic heterocycles. The Bertz CT molecular complexity index is 1340. The number of alkyl halides is 3. The van der Waals surface area contributed by atoms with Crippen molar-refractivity contribution in [3.05, 3.63) is 60.4 Å². The first-order chi connectivity index (χ1) is 16.0. The standard InChI is InChI=1S/C22H20F3N3O5S/c1-27-10-9-26-21(27)14-5-7-19-18(11-14)28(13-16(33-19)6-8-20(29)30)34(31,32)17-4-2-3-15(12-17)22(23,24)25/h2-5,7,9-12,16H,6,8,13H2,1H3,(H,29,30)/t16-/m0/s1. The van der Waals surface area contributed by atoms with Crippen LogP contribution in [0.5, 0.6) is 5.75 Å². The fraction of sp³-hybridized carbons (Fsp3) is 0.273. The zero-order valence-corrected chi connectivity index (χ0v) is 18.7. The Kier molecular flexibility index (Phi) is 6.02. The van der Waals surface area contributed by atoms with Crippen molar-refractivity contribution in [2.24, 2.45) is 7.05 Å². The summed E-state index contributed by atoms with van der Waals surface area (Å²) in [5, 5.41) is 9.01. The maximum absolute atomic E-state index is 13.5. The number of aryl methyl sites for hydroxylation is 1. The summed E-state index contributed by atoms with van der Waals surface area (Å²) in [4.78, 5) is 14.7. The minimum absolute atomic E-state index is 0.0184. The van der Waals surface area contributed by atoms with E-state index < -0.39 is 38.7 Å². The third-order valence-electron chi connectivity index (χ3n) is 5.40. The van der Waals surface area contributed by atoms with Gasteiger partial charge in [-0.3, -0.25) is 9.10 Å². The summed E-state index contributed by atoms with van der Waals surface area (Å²) >= 11 is 0. The number of carboxylic acids is 1. The molecule has 4 rings (SSSR count). The highest BCUT2D eigenvalue weighted by molar-refractivity contribution is 7.92. The van der Waals surface area contributed by atoms with Crippen LogP contribution in [-0.4, -0.2) is 41.7 Å². The van der Waals surface area contributed by atoms with Gasteiger partial charge in [-0.05, 0) is 42.8 Å². The maximum atomic E-state index is 13.5. The Morgan fingerprint density at radius 3 is 2.65 bits per heavy atom. The topological polar surface area (TPSA) is 102 Å². The van der Waals surface area contributed by atoms with Crippen molar-refractivity contribution < 1.29 is 36.2 Å². The normalized spacial score (nSPS) is 16.1. The first-order valence-electron chi connectivity index (χ1n) is 10.2. The van der Waals surface area contributed by atoms with Gasteiger partial charge in [-0.1, -0.05) is 6.07 Å². The number of aliphatic carboxylic acids is 1. The highest BCUT2D eigenvalue weighted by atomic mass is 32.2. The van der Waals surface area contributed by atoms with Crippen LogP contribution >= 0.6 is 0 Å². The average molecular weight is 495 g/mol. The molecule has 2 aromatic carbocycles.